The Morgan fingerprint density at radius 2 is 1.85 bits per heavy atom. The lowest BCUT2D eigenvalue weighted by molar-refractivity contribution is 0.0963. The van der Waals surface area contributed by atoms with Crippen molar-refractivity contribution in [2.24, 2.45) is 0 Å². The molecule has 1 aromatic heterocycles. The summed E-state index contributed by atoms with van der Waals surface area (Å²) in [6.45, 7) is 4.01. The fourth-order valence-corrected chi connectivity index (χ4v) is 3.85. The number of aromatic nitrogens is 2. The maximum Gasteiger partial charge on any atom is 0.167 e. The minimum absolute atomic E-state index is 0.190. The van der Waals surface area contributed by atoms with Crippen molar-refractivity contribution in [2.75, 3.05) is 7.11 Å². The average Bonchev–Trinajstić information content (AvgIpc) is 2.99. The lowest BCUT2D eigenvalue weighted by Gasteiger charge is -2.23. The number of fused-ring (bicyclic) bond motifs is 1. The molecule has 4 nitrogen and oxygen atoms in total. The van der Waals surface area contributed by atoms with Crippen LogP contribution >= 0.6 is 0 Å². The lowest BCUT2D eigenvalue weighted by Crippen LogP contribution is -2.20. The first kappa shape index (κ1) is 16.6. The van der Waals surface area contributed by atoms with E-state index < -0.39 is 0 Å². The molecule has 1 aliphatic rings. The van der Waals surface area contributed by atoms with Crippen LogP contribution in [-0.2, 0) is 6.42 Å². The van der Waals surface area contributed by atoms with Crippen LogP contribution in [0.5, 0.6) is 5.75 Å². The number of benzene rings is 2. The van der Waals surface area contributed by atoms with Crippen LogP contribution in [0.1, 0.15) is 45.2 Å². The van der Waals surface area contributed by atoms with Crippen molar-refractivity contribution in [1.82, 2.24) is 9.78 Å². The van der Waals surface area contributed by atoms with Gasteiger partial charge in [-0.1, -0.05) is 29.8 Å². The highest BCUT2D eigenvalue weighted by atomic mass is 16.5. The van der Waals surface area contributed by atoms with Gasteiger partial charge in [-0.25, -0.2) is 4.68 Å². The summed E-state index contributed by atoms with van der Waals surface area (Å²) in [7, 11) is 1.65. The van der Waals surface area contributed by atoms with E-state index in [-0.39, 0.29) is 11.7 Å². The van der Waals surface area contributed by atoms with Crippen molar-refractivity contribution in [3.63, 3.8) is 0 Å². The second-order valence-corrected chi connectivity index (χ2v) is 6.96. The zero-order valence-electron chi connectivity index (χ0n) is 15.3. The van der Waals surface area contributed by atoms with E-state index in [4.69, 9.17) is 4.74 Å². The Morgan fingerprint density at radius 3 is 2.54 bits per heavy atom. The van der Waals surface area contributed by atoms with Crippen molar-refractivity contribution < 1.29 is 9.53 Å². The monoisotopic (exact) mass is 346 g/mol. The van der Waals surface area contributed by atoms with Gasteiger partial charge in [-0.15, -0.1) is 0 Å². The van der Waals surface area contributed by atoms with E-state index in [0.717, 1.165) is 34.8 Å². The summed E-state index contributed by atoms with van der Waals surface area (Å²) in [5, 5.41) is 4.67. The zero-order valence-corrected chi connectivity index (χ0v) is 15.3. The van der Waals surface area contributed by atoms with Crippen LogP contribution in [0.15, 0.2) is 48.5 Å². The number of aryl methyl sites for hydroxylation is 2. The van der Waals surface area contributed by atoms with Gasteiger partial charge in [0.15, 0.2) is 5.78 Å². The number of hydrogen-bond acceptors (Lipinski definition) is 3. The fourth-order valence-electron chi connectivity index (χ4n) is 3.85. The molecule has 0 spiro atoms. The first-order chi connectivity index (χ1) is 12.6. The van der Waals surface area contributed by atoms with E-state index in [2.05, 4.69) is 36.3 Å². The summed E-state index contributed by atoms with van der Waals surface area (Å²) in [6, 6.07) is 16.3. The van der Waals surface area contributed by atoms with E-state index in [1.165, 1.54) is 11.1 Å². The third kappa shape index (κ3) is 2.81. The number of ketones is 1. The SMILES string of the molecule is COc1ccc(-n2nc(C)c3c2CC(c2cccc(C)c2)CC3=O)cc1. The predicted molar refractivity (Wildman–Crippen MR) is 101 cm³/mol. The highest BCUT2D eigenvalue weighted by Gasteiger charge is 2.32. The van der Waals surface area contributed by atoms with Crippen molar-refractivity contribution in [3.05, 3.63) is 76.6 Å². The van der Waals surface area contributed by atoms with E-state index >= 15 is 0 Å². The van der Waals surface area contributed by atoms with Crippen LogP contribution in [-0.4, -0.2) is 22.7 Å². The Bertz CT molecular complexity index is 970. The second-order valence-electron chi connectivity index (χ2n) is 6.96. The van der Waals surface area contributed by atoms with Crippen LogP contribution < -0.4 is 4.74 Å². The highest BCUT2D eigenvalue weighted by molar-refractivity contribution is 6.00. The summed E-state index contributed by atoms with van der Waals surface area (Å²) in [6.07, 6.45) is 1.36. The van der Waals surface area contributed by atoms with Gasteiger partial charge >= 0.3 is 0 Å². The summed E-state index contributed by atoms with van der Waals surface area (Å²) in [4.78, 5) is 12.8. The molecule has 0 fully saturated rings. The number of hydrogen-bond donors (Lipinski definition) is 0. The molecule has 1 unspecified atom stereocenters. The lowest BCUT2D eigenvalue weighted by atomic mass is 9.81. The molecule has 0 saturated carbocycles. The molecule has 1 aliphatic carbocycles. The first-order valence-corrected chi connectivity index (χ1v) is 8.89. The largest absolute Gasteiger partial charge is 0.497 e. The van der Waals surface area contributed by atoms with Gasteiger partial charge in [-0.2, -0.15) is 5.10 Å². The fraction of sp³-hybridized carbons (Fsp3) is 0.273. The van der Waals surface area contributed by atoms with Gasteiger partial charge in [-0.3, -0.25) is 4.79 Å². The number of nitrogens with zero attached hydrogens (tertiary/aromatic N) is 2. The number of ether oxygens (including phenoxy) is 1. The summed E-state index contributed by atoms with van der Waals surface area (Å²) < 4.78 is 7.16. The number of carbonyl (C=O) groups is 1. The quantitative estimate of drug-likeness (QED) is 0.705. The molecule has 26 heavy (non-hydrogen) atoms. The van der Waals surface area contributed by atoms with Gasteiger partial charge in [-0.05, 0) is 56.0 Å². The molecular formula is C22H22N2O2. The van der Waals surface area contributed by atoms with Crippen molar-refractivity contribution >= 4 is 5.78 Å². The van der Waals surface area contributed by atoms with E-state index in [1.807, 2.05) is 35.9 Å². The van der Waals surface area contributed by atoms with E-state index in [1.54, 1.807) is 7.11 Å². The van der Waals surface area contributed by atoms with Gasteiger partial charge < -0.3 is 4.74 Å². The molecule has 0 aliphatic heterocycles. The minimum Gasteiger partial charge on any atom is -0.497 e. The molecule has 4 rings (SSSR count). The molecule has 0 saturated heterocycles. The Balaban J connectivity index is 1.77. The summed E-state index contributed by atoms with van der Waals surface area (Å²) >= 11 is 0. The average molecular weight is 346 g/mol. The zero-order chi connectivity index (χ0) is 18.3. The molecule has 132 valence electrons. The molecule has 1 heterocycles. The standard InChI is InChI=1S/C22H22N2O2/c1-14-5-4-6-16(11-14)17-12-20-22(21(25)13-17)15(2)23-24(20)18-7-9-19(26-3)10-8-18/h4-11,17H,12-13H2,1-3H3. The van der Waals surface area contributed by atoms with Crippen LogP contribution in [0.4, 0.5) is 0 Å². The maximum absolute atomic E-state index is 12.8. The Morgan fingerprint density at radius 1 is 1.08 bits per heavy atom. The van der Waals surface area contributed by atoms with Crippen molar-refractivity contribution in [3.8, 4) is 11.4 Å². The van der Waals surface area contributed by atoms with Crippen LogP contribution in [0, 0.1) is 13.8 Å². The topological polar surface area (TPSA) is 44.1 Å². The number of Topliss-reactive ketones (excluding diaryl/α,β-unsaturated/α-hetero) is 1. The summed E-state index contributed by atoms with van der Waals surface area (Å²) in [5.41, 5.74) is 6.02. The third-order valence-electron chi connectivity index (χ3n) is 5.14. The normalized spacial score (nSPS) is 16.4. The summed E-state index contributed by atoms with van der Waals surface area (Å²) in [5.74, 6) is 1.19. The second kappa shape index (κ2) is 6.45. The van der Waals surface area contributed by atoms with Gasteiger partial charge in [0.1, 0.15) is 5.75 Å². The molecular weight excluding hydrogens is 324 g/mol. The van der Waals surface area contributed by atoms with E-state index in [9.17, 15) is 4.79 Å². The molecule has 0 N–H and O–H groups in total. The van der Waals surface area contributed by atoms with Gasteiger partial charge in [0, 0.05) is 6.42 Å². The molecule has 3 aromatic rings. The van der Waals surface area contributed by atoms with Crippen molar-refractivity contribution in [1.29, 1.82) is 0 Å². The maximum atomic E-state index is 12.8. The molecule has 1 atom stereocenters. The van der Waals surface area contributed by atoms with Gasteiger partial charge in [0.2, 0.25) is 0 Å². The van der Waals surface area contributed by atoms with Crippen LogP contribution in [0.25, 0.3) is 5.69 Å². The van der Waals surface area contributed by atoms with Crippen LogP contribution in [0.3, 0.4) is 0 Å². The van der Waals surface area contributed by atoms with Crippen LogP contribution in [0.2, 0.25) is 0 Å². The Kier molecular flexibility index (Phi) is 4.11. The molecule has 0 bridgehead atoms. The van der Waals surface area contributed by atoms with E-state index in [0.29, 0.717) is 6.42 Å². The van der Waals surface area contributed by atoms with Gasteiger partial charge in [0.05, 0.1) is 29.7 Å². The molecule has 0 amide bonds. The Hall–Kier alpha value is -2.88. The molecule has 2 aromatic carbocycles. The van der Waals surface area contributed by atoms with Crippen molar-refractivity contribution in [2.45, 2.75) is 32.6 Å². The molecule has 0 radical (unpaired) electrons. The smallest absolute Gasteiger partial charge is 0.167 e. The number of rotatable bonds is 3. The third-order valence-corrected chi connectivity index (χ3v) is 5.14. The highest BCUT2D eigenvalue weighted by Crippen LogP contribution is 2.35. The number of carbonyl (C=O) groups excluding carboxylic acids is 1. The van der Waals surface area contributed by atoms with Gasteiger partial charge in [0.25, 0.3) is 0 Å². The number of methoxy groups -OCH3 is 1. The minimum atomic E-state index is 0.190. The first-order valence-electron chi connectivity index (χ1n) is 8.89. The molecule has 4 heteroatoms. The Labute approximate surface area is 153 Å². The predicted octanol–water partition coefficient (Wildman–Crippen LogP) is 4.41.